The zero-order chi connectivity index (χ0) is 11.2. The van der Waals surface area contributed by atoms with E-state index in [4.69, 9.17) is 4.74 Å². The van der Waals surface area contributed by atoms with Gasteiger partial charge in [-0.2, -0.15) is 0 Å². The number of aliphatic carboxylic acids is 1. The largest absolute Gasteiger partial charge is 0.481 e. The minimum absolute atomic E-state index is 0.272. The standard InChI is InChI=1S/C13H20O3/c14-12(15)13(11-2-1-5-16-8-11)7-9-3-4-10(13)6-9/h9-11H,1-8H2,(H,14,15). The molecule has 3 rings (SSSR count). The Kier molecular flexibility index (Phi) is 2.46. The summed E-state index contributed by atoms with van der Waals surface area (Å²) in [6.45, 7) is 1.50. The molecular formula is C13H20O3. The first-order chi connectivity index (χ1) is 7.73. The average Bonchev–Trinajstić information content (AvgIpc) is 2.90. The van der Waals surface area contributed by atoms with E-state index in [1.807, 2.05) is 0 Å². The van der Waals surface area contributed by atoms with Crippen molar-refractivity contribution in [3.63, 3.8) is 0 Å². The van der Waals surface area contributed by atoms with E-state index >= 15 is 0 Å². The van der Waals surface area contributed by atoms with Crippen LogP contribution < -0.4 is 0 Å². The Morgan fingerprint density at radius 1 is 1.25 bits per heavy atom. The quantitative estimate of drug-likeness (QED) is 0.783. The highest BCUT2D eigenvalue weighted by Gasteiger charge is 2.59. The first-order valence-electron chi connectivity index (χ1n) is 6.54. The SMILES string of the molecule is O=C(O)C1(C2CCCOC2)CC2CCC1C2. The van der Waals surface area contributed by atoms with Crippen LogP contribution in [-0.2, 0) is 9.53 Å². The highest BCUT2D eigenvalue weighted by atomic mass is 16.5. The molecule has 1 N–H and O–H groups in total. The Morgan fingerprint density at radius 2 is 2.12 bits per heavy atom. The van der Waals surface area contributed by atoms with E-state index < -0.39 is 11.4 Å². The van der Waals surface area contributed by atoms with Gasteiger partial charge in [-0.3, -0.25) is 4.79 Å². The Morgan fingerprint density at radius 3 is 2.62 bits per heavy atom. The molecule has 4 unspecified atom stereocenters. The van der Waals surface area contributed by atoms with Crippen molar-refractivity contribution in [3.05, 3.63) is 0 Å². The molecule has 1 aliphatic heterocycles. The van der Waals surface area contributed by atoms with Crippen LogP contribution >= 0.6 is 0 Å². The molecule has 1 saturated heterocycles. The molecule has 3 nitrogen and oxygen atoms in total. The average molecular weight is 224 g/mol. The molecule has 90 valence electrons. The molecule has 3 aliphatic rings. The van der Waals surface area contributed by atoms with E-state index in [-0.39, 0.29) is 5.92 Å². The van der Waals surface area contributed by atoms with E-state index in [0.29, 0.717) is 18.4 Å². The van der Waals surface area contributed by atoms with Gasteiger partial charge in [0.25, 0.3) is 0 Å². The van der Waals surface area contributed by atoms with Crippen LogP contribution in [0.1, 0.15) is 38.5 Å². The van der Waals surface area contributed by atoms with Gasteiger partial charge in [0.2, 0.25) is 0 Å². The molecule has 0 aromatic carbocycles. The van der Waals surface area contributed by atoms with Crippen molar-refractivity contribution < 1.29 is 14.6 Å². The topological polar surface area (TPSA) is 46.5 Å². The van der Waals surface area contributed by atoms with Crippen LogP contribution in [0.5, 0.6) is 0 Å². The van der Waals surface area contributed by atoms with Gasteiger partial charge in [-0.25, -0.2) is 0 Å². The highest BCUT2D eigenvalue weighted by molar-refractivity contribution is 5.76. The molecule has 3 heteroatoms. The Balaban J connectivity index is 1.88. The van der Waals surface area contributed by atoms with Crippen molar-refractivity contribution in [1.29, 1.82) is 0 Å². The Bertz CT molecular complexity index is 296. The molecule has 4 atom stereocenters. The second kappa shape index (κ2) is 3.73. The maximum atomic E-state index is 11.8. The fourth-order valence-electron chi connectivity index (χ4n) is 4.46. The molecule has 2 aliphatic carbocycles. The van der Waals surface area contributed by atoms with E-state index in [0.717, 1.165) is 38.7 Å². The summed E-state index contributed by atoms with van der Waals surface area (Å²) in [5.74, 6) is 0.842. The maximum absolute atomic E-state index is 11.8. The fourth-order valence-corrected chi connectivity index (χ4v) is 4.46. The predicted octanol–water partition coefficient (Wildman–Crippen LogP) is 2.30. The van der Waals surface area contributed by atoms with Crippen LogP contribution in [0, 0.1) is 23.2 Å². The molecule has 1 heterocycles. The molecule has 3 fully saturated rings. The molecule has 16 heavy (non-hydrogen) atoms. The first-order valence-corrected chi connectivity index (χ1v) is 6.54. The fraction of sp³-hybridized carbons (Fsp3) is 0.923. The minimum atomic E-state index is -0.546. The summed E-state index contributed by atoms with van der Waals surface area (Å²) in [6.07, 6.45) is 6.55. The van der Waals surface area contributed by atoms with Crippen molar-refractivity contribution in [2.45, 2.75) is 38.5 Å². The number of rotatable bonds is 2. The van der Waals surface area contributed by atoms with E-state index in [9.17, 15) is 9.90 Å². The summed E-state index contributed by atoms with van der Waals surface area (Å²) in [4.78, 5) is 11.8. The Hall–Kier alpha value is -0.570. The van der Waals surface area contributed by atoms with Crippen molar-refractivity contribution in [2.75, 3.05) is 13.2 Å². The highest BCUT2D eigenvalue weighted by Crippen LogP contribution is 2.60. The van der Waals surface area contributed by atoms with E-state index in [2.05, 4.69) is 0 Å². The number of carbonyl (C=O) groups is 1. The van der Waals surface area contributed by atoms with Crippen molar-refractivity contribution in [1.82, 2.24) is 0 Å². The van der Waals surface area contributed by atoms with Crippen LogP contribution in [0.4, 0.5) is 0 Å². The summed E-state index contributed by atoms with van der Waals surface area (Å²) >= 11 is 0. The summed E-state index contributed by atoms with van der Waals surface area (Å²) in [5.41, 5.74) is -0.427. The van der Waals surface area contributed by atoms with Gasteiger partial charge in [-0.15, -0.1) is 0 Å². The van der Waals surface area contributed by atoms with Gasteiger partial charge in [0.1, 0.15) is 0 Å². The lowest BCUT2D eigenvalue weighted by molar-refractivity contribution is -0.162. The third kappa shape index (κ3) is 1.33. The van der Waals surface area contributed by atoms with Crippen molar-refractivity contribution in [2.24, 2.45) is 23.2 Å². The second-order valence-corrected chi connectivity index (χ2v) is 5.84. The number of carboxylic acids is 1. The number of hydrogen-bond donors (Lipinski definition) is 1. The van der Waals surface area contributed by atoms with Gasteiger partial charge in [0, 0.05) is 6.61 Å². The molecule has 0 aromatic rings. The van der Waals surface area contributed by atoms with Gasteiger partial charge in [-0.1, -0.05) is 6.42 Å². The zero-order valence-electron chi connectivity index (χ0n) is 9.65. The van der Waals surface area contributed by atoms with Gasteiger partial charge >= 0.3 is 5.97 Å². The number of ether oxygens (including phenoxy) is 1. The summed E-state index contributed by atoms with van der Waals surface area (Å²) in [6, 6.07) is 0. The van der Waals surface area contributed by atoms with E-state index in [1.54, 1.807) is 0 Å². The van der Waals surface area contributed by atoms with E-state index in [1.165, 1.54) is 6.42 Å². The second-order valence-electron chi connectivity index (χ2n) is 5.84. The van der Waals surface area contributed by atoms with Crippen molar-refractivity contribution in [3.8, 4) is 0 Å². The zero-order valence-corrected chi connectivity index (χ0v) is 9.65. The van der Waals surface area contributed by atoms with Crippen LogP contribution in [0.15, 0.2) is 0 Å². The molecule has 0 amide bonds. The minimum Gasteiger partial charge on any atom is -0.481 e. The summed E-state index contributed by atoms with van der Waals surface area (Å²) < 4.78 is 5.51. The van der Waals surface area contributed by atoms with Crippen LogP contribution in [-0.4, -0.2) is 24.3 Å². The monoisotopic (exact) mass is 224 g/mol. The Labute approximate surface area is 96.2 Å². The van der Waals surface area contributed by atoms with Gasteiger partial charge in [0.15, 0.2) is 0 Å². The third-order valence-electron chi connectivity index (χ3n) is 5.18. The van der Waals surface area contributed by atoms with Gasteiger partial charge in [-0.05, 0) is 49.9 Å². The summed E-state index contributed by atoms with van der Waals surface area (Å²) in [7, 11) is 0. The third-order valence-corrected chi connectivity index (χ3v) is 5.18. The molecule has 0 aromatic heterocycles. The number of fused-ring (bicyclic) bond motifs is 2. The van der Waals surface area contributed by atoms with Crippen LogP contribution in [0.2, 0.25) is 0 Å². The lowest BCUT2D eigenvalue weighted by Crippen LogP contribution is -2.46. The van der Waals surface area contributed by atoms with Gasteiger partial charge in [0.05, 0.1) is 12.0 Å². The van der Waals surface area contributed by atoms with Crippen LogP contribution in [0.3, 0.4) is 0 Å². The molecule has 2 saturated carbocycles. The number of hydrogen-bond acceptors (Lipinski definition) is 2. The predicted molar refractivity (Wildman–Crippen MR) is 59.1 cm³/mol. The molecule has 0 spiro atoms. The molecule has 0 radical (unpaired) electrons. The molecule has 2 bridgehead atoms. The van der Waals surface area contributed by atoms with Crippen molar-refractivity contribution >= 4 is 5.97 Å². The van der Waals surface area contributed by atoms with Gasteiger partial charge < -0.3 is 9.84 Å². The lowest BCUT2D eigenvalue weighted by atomic mass is 9.63. The van der Waals surface area contributed by atoms with Crippen LogP contribution in [0.25, 0.3) is 0 Å². The smallest absolute Gasteiger partial charge is 0.310 e. The maximum Gasteiger partial charge on any atom is 0.310 e. The summed E-state index contributed by atoms with van der Waals surface area (Å²) in [5, 5.41) is 9.68. The first kappa shape index (κ1) is 10.6. The number of carboxylic acid groups (broad SMARTS) is 1. The molecular weight excluding hydrogens is 204 g/mol. The lowest BCUT2D eigenvalue weighted by Gasteiger charge is -2.42. The normalized spacial score (nSPS) is 47.1.